The van der Waals surface area contributed by atoms with Crippen LogP contribution in [0.3, 0.4) is 0 Å². The number of nitrogens with one attached hydrogen (secondary N) is 2. The van der Waals surface area contributed by atoms with Gasteiger partial charge >= 0.3 is 5.69 Å². The molecule has 0 bridgehead atoms. The largest absolute Gasteiger partial charge is 0.349 e. The number of rotatable bonds is 7. The summed E-state index contributed by atoms with van der Waals surface area (Å²) < 4.78 is 3.51. The summed E-state index contributed by atoms with van der Waals surface area (Å²) in [5, 5.41) is 6.30. The monoisotopic (exact) mass is 546 g/mol. The summed E-state index contributed by atoms with van der Waals surface area (Å²) in [5.74, 6) is 0.497. The van der Waals surface area contributed by atoms with E-state index in [1.165, 1.54) is 6.20 Å². The molecule has 0 aliphatic heterocycles. The van der Waals surface area contributed by atoms with Crippen LogP contribution in [0.5, 0.6) is 0 Å². The number of benzene rings is 1. The van der Waals surface area contributed by atoms with Gasteiger partial charge in [0.1, 0.15) is 5.82 Å². The molecule has 5 rings (SSSR count). The van der Waals surface area contributed by atoms with Crippen LogP contribution in [0.25, 0.3) is 16.7 Å². The van der Waals surface area contributed by atoms with Crippen LogP contribution in [0.1, 0.15) is 55.1 Å². The van der Waals surface area contributed by atoms with Crippen LogP contribution in [-0.4, -0.2) is 37.0 Å². The van der Waals surface area contributed by atoms with Crippen molar-refractivity contribution in [1.29, 1.82) is 0 Å². The third kappa shape index (κ3) is 5.73. The van der Waals surface area contributed by atoms with E-state index in [1.54, 1.807) is 42.8 Å². The normalized spacial score (nSPS) is 17.2. The molecule has 0 atom stereocenters. The smallest absolute Gasteiger partial charge is 0.333 e. The SMILES string of the molecule is CCC(=O)Nc1ccc(-n2c(=O)n(CC3CCC(NC(=O)c4cc(Cl)cnc4C)CC3)c3ccccc32)cn1. The van der Waals surface area contributed by atoms with Crippen molar-refractivity contribution in [3.8, 4) is 5.69 Å². The lowest BCUT2D eigenvalue weighted by Crippen LogP contribution is -2.39. The molecule has 202 valence electrons. The van der Waals surface area contributed by atoms with Gasteiger partial charge in [-0.25, -0.2) is 9.78 Å². The summed E-state index contributed by atoms with van der Waals surface area (Å²) in [6, 6.07) is 13.0. The van der Waals surface area contributed by atoms with Crippen molar-refractivity contribution in [2.75, 3.05) is 5.32 Å². The second-order valence-corrected chi connectivity index (χ2v) is 10.4. The third-order valence-corrected chi connectivity index (χ3v) is 7.56. The Morgan fingerprint density at radius 3 is 2.46 bits per heavy atom. The van der Waals surface area contributed by atoms with Gasteiger partial charge in [0.15, 0.2) is 0 Å². The molecule has 2 amide bonds. The molecule has 1 aliphatic carbocycles. The van der Waals surface area contributed by atoms with E-state index < -0.39 is 0 Å². The average Bonchev–Trinajstić information content (AvgIpc) is 3.22. The fourth-order valence-corrected chi connectivity index (χ4v) is 5.36. The highest BCUT2D eigenvalue weighted by atomic mass is 35.5. The Bertz CT molecular complexity index is 1570. The summed E-state index contributed by atoms with van der Waals surface area (Å²) in [6.45, 7) is 4.17. The molecule has 4 aromatic rings. The van der Waals surface area contributed by atoms with Crippen LogP contribution in [0.4, 0.5) is 5.82 Å². The summed E-state index contributed by atoms with van der Waals surface area (Å²) in [4.78, 5) is 46.6. The summed E-state index contributed by atoms with van der Waals surface area (Å²) >= 11 is 6.03. The van der Waals surface area contributed by atoms with Crippen LogP contribution < -0.4 is 16.3 Å². The number of aromatic nitrogens is 4. The number of amides is 2. The number of fused-ring (bicyclic) bond motifs is 1. The van der Waals surface area contributed by atoms with Gasteiger partial charge in [-0.3, -0.25) is 23.7 Å². The Morgan fingerprint density at radius 1 is 1.03 bits per heavy atom. The van der Waals surface area contributed by atoms with Gasteiger partial charge < -0.3 is 10.6 Å². The molecule has 9 nitrogen and oxygen atoms in total. The number of anilines is 1. The van der Waals surface area contributed by atoms with Crippen molar-refractivity contribution in [3.05, 3.63) is 81.6 Å². The van der Waals surface area contributed by atoms with E-state index in [2.05, 4.69) is 20.6 Å². The Balaban J connectivity index is 1.29. The van der Waals surface area contributed by atoms with Crippen molar-refractivity contribution in [2.45, 2.75) is 58.5 Å². The molecule has 3 heterocycles. The highest BCUT2D eigenvalue weighted by Gasteiger charge is 2.25. The topological polar surface area (TPSA) is 111 Å². The number of carbonyl (C=O) groups is 2. The minimum atomic E-state index is -0.154. The van der Waals surface area contributed by atoms with Crippen molar-refractivity contribution in [3.63, 3.8) is 0 Å². The first-order chi connectivity index (χ1) is 18.8. The van der Waals surface area contributed by atoms with E-state index >= 15 is 0 Å². The molecule has 10 heteroatoms. The molecule has 0 radical (unpaired) electrons. The number of carbonyl (C=O) groups excluding carboxylic acids is 2. The predicted molar refractivity (Wildman–Crippen MR) is 151 cm³/mol. The molecule has 1 aliphatic rings. The zero-order valence-electron chi connectivity index (χ0n) is 22.0. The first-order valence-corrected chi connectivity index (χ1v) is 13.6. The summed E-state index contributed by atoms with van der Waals surface area (Å²) in [5.41, 5.74) is 3.34. The third-order valence-electron chi connectivity index (χ3n) is 7.35. The van der Waals surface area contributed by atoms with Crippen LogP contribution in [-0.2, 0) is 11.3 Å². The van der Waals surface area contributed by atoms with Crippen LogP contribution in [0.15, 0.2) is 59.7 Å². The molecule has 0 spiro atoms. The van der Waals surface area contributed by atoms with Gasteiger partial charge in [0.2, 0.25) is 5.91 Å². The Kier molecular flexibility index (Phi) is 7.79. The molecular weight excluding hydrogens is 516 g/mol. The van der Waals surface area contributed by atoms with E-state index in [4.69, 9.17) is 11.6 Å². The number of halogens is 1. The fourth-order valence-electron chi connectivity index (χ4n) is 5.21. The second-order valence-electron chi connectivity index (χ2n) is 10.00. The van der Waals surface area contributed by atoms with Crippen molar-refractivity contribution < 1.29 is 9.59 Å². The van der Waals surface area contributed by atoms with E-state index in [1.807, 2.05) is 28.8 Å². The Hall–Kier alpha value is -3.98. The van der Waals surface area contributed by atoms with Gasteiger partial charge in [-0.1, -0.05) is 30.7 Å². The Morgan fingerprint density at radius 2 is 1.77 bits per heavy atom. The van der Waals surface area contributed by atoms with E-state index in [0.29, 0.717) is 46.7 Å². The first kappa shape index (κ1) is 26.6. The predicted octanol–water partition coefficient (Wildman–Crippen LogP) is 4.88. The highest BCUT2D eigenvalue weighted by Crippen LogP contribution is 2.28. The number of imidazole rings is 1. The maximum Gasteiger partial charge on any atom is 0.333 e. The van der Waals surface area contributed by atoms with Crippen LogP contribution in [0, 0.1) is 12.8 Å². The molecule has 1 aromatic carbocycles. The van der Waals surface area contributed by atoms with E-state index in [-0.39, 0.29) is 23.5 Å². The lowest BCUT2D eigenvalue weighted by Gasteiger charge is -2.29. The number of hydrogen-bond donors (Lipinski definition) is 2. The molecule has 39 heavy (non-hydrogen) atoms. The van der Waals surface area contributed by atoms with Crippen molar-refractivity contribution in [2.24, 2.45) is 5.92 Å². The van der Waals surface area contributed by atoms with Gasteiger partial charge in [0, 0.05) is 25.2 Å². The summed E-state index contributed by atoms with van der Waals surface area (Å²) in [7, 11) is 0. The minimum absolute atomic E-state index is 0.0722. The number of pyridine rings is 2. The number of aryl methyl sites for hydroxylation is 1. The maximum atomic E-state index is 13.7. The fraction of sp³-hybridized carbons (Fsp3) is 0.345. The maximum absolute atomic E-state index is 13.7. The quantitative estimate of drug-likeness (QED) is 0.343. The molecular formula is C29H31ClN6O3. The van der Waals surface area contributed by atoms with E-state index in [0.717, 1.165) is 36.7 Å². The van der Waals surface area contributed by atoms with Crippen molar-refractivity contribution >= 4 is 40.3 Å². The molecule has 1 fully saturated rings. The zero-order valence-corrected chi connectivity index (χ0v) is 22.7. The molecule has 3 aromatic heterocycles. The lowest BCUT2D eigenvalue weighted by molar-refractivity contribution is -0.115. The van der Waals surface area contributed by atoms with Gasteiger partial charge in [-0.05, 0) is 68.9 Å². The summed E-state index contributed by atoms with van der Waals surface area (Å²) in [6.07, 6.45) is 6.99. The highest BCUT2D eigenvalue weighted by molar-refractivity contribution is 6.30. The Labute approximate surface area is 231 Å². The molecule has 0 unspecified atom stereocenters. The van der Waals surface area contributed by atoms with Gasteiger partial charge in [0.05, 0.1) is 39.2 Å². The molecule has 2 N–H and O–H groups in total. The number of hydrogen-bond acceptors (Lipinski definition) is 5. The van der Waals surface area contributed by atoms with Crippen LogP contribution >= 0.6 is 11.6 Å². The second kappa shape index (κ2) is 11.4. The number of nitrogens with zero attached hydrogens (tertiary/aromatic N) is 4. The van der Waals surface area contributed by atoms with Gasteiger partial charge in [-0.15, -0.1) is 0 Å². The number of para-hydroxylation sites is 2. The lowest BCUT2D eigenvalue weighted by atomic mass is 9.85. The molecule has 1 saturated carbocycles. The average molecular weight is 547 g/mol. The van der Waals surface area contributed by atoms with Gasteiger partial charge in [-0.2, -0.15) is 0 Å². The first-order valence-electron chi connectivity index (χ1n) is 13.2. The standard InChI is InChI=1S/C29H31ClN6O3/c1-3-27(37)34-26-13-12-22(16-32-26)36-25-7-5-4-6-24(25)35(29(36)39)17-19-8-10-21(11-9-19)33-28(38)23-14-20(30)15-31-18(23)2/h4-7,12-16,19,21H,3,8-11,17H2,1-2H3,(H,33,38)(H,32,34,37). The minimum Gasteiger partial charge on any atom is -0.349 e. The zero-order chi connectivity index (χ0) is 27.5. The van der Waals surface area contributed by atoms with Crippen molar-refractivity contribution in [1.82, 2.24) is 24.4 Å². The molecule has 0 saturated heterocycles. The van der Waals surface area contributed by atoms with Crippen LogP contribution in [0.2, 0.25) is 5.02 Å². The van der Waals surface area contributed by atoms with Gasteiger partial charge in [0.25, 0.3) is 5.91 Å². The van der Waals surface area contributed by atoms with E-state index in [9.17, 15) is 14.4 Å².